The normalized spacial score (nSPS) is 10.1. The smallest absolute Gasteiger partial charge is 0.291 e. The Bertz CT molecular complexity index is 576. The number of hydrogen-bond acceptors (Lipinski definition) is 4. The lowest BCUT2D eigenvalue weighted by Crippen LogP contribution is -2.17. The molecule has 1 aromatic heterocycles. The molecular formula is C14H14N2O4. The second-order valence-corrected chi connectivity index (χ2v) is 3.99. The van der Waals surface area contributed by atoms with E-state index in [0.717, 1.165) is 0 Å². The molecule has 0 bridgehead atoms. The molecule has 2 aromatic rings. The Morgan fingerprint density at radius 1 is 1.10 bits per heavy atom. The van der Waals surface area contributed by atoms with E-state index in [1.54, 1.807) is 36.4 Å². The molecule has 0 aliphatic carbocycles. The highest BCUT2D eigenvalue weighted by molar-refractivity contribution is 6.02. The molecule has 104 valence electrons. The molecule has 1 aromatic carbocycles. The van der Waals surface area contributed by atoms with Crippen molar-refractivity contribution >= 4 is 23.2 Å². The minimum Gasteiger partial charge on any atom is -0.459 e. The molecule has 0 unspecified atom stereocenters. The van der Waals surface area contributed by atoms with Gasteiger partial charge in [0, 0.05) is 18.5 Å². The van der Waals surface area contributed by atoms with E-state index in [0.29, 0.717) is 11.4 Å². The van der Waals surface area contributed by atoms with Gasteiger partial charge in [0.1, 0.15) is 6.61 Å². The van der Waals surface area contributed by atoms with Crippen LogP contribution in [0.15, 0.2) is 47.1 Å². The van der Waals surface area contributed by atoms with Gasteiger partial charge in [0.05, 0.1) is 6.26 Å². The zero-order valence-electron chi connectivity index (χ0n) is 10.9. The van der Waals surface area contributed by atoms with Gasteiger partial charge in [-0.15, -0.1) is 0 Å². The van der Waals surface area contributed by atoms with Crippen LogP contribution in [0.25, 0.3) is 0 Å². The van der Waals surface area contributed by atoms with Crippen molar-refractivity contribution in [3.8, 4) is 0 Å². The van der Waals surface area contributed by atoms with E-state index in [4.69, 9.17) is 9.15 Å². The maximum Gasteiger partial charge on any atom is 0.291 e. The van der Waals surface area contributed by atoms with E-state index in [1.165, 1.54) is 13.4 Å². The van der Waals surface area contributed by atoms with Gasteiger partial charge < -0.3 is 19.8 Å². The molecule has 0 spiro atoms. The Kier molecular flexibility index (Phi) is 4.52. The van der Waals surface area contributed by atoms with Crippen LogP contribution >= 0.6 is 0 Å². The molecule has 0 aliphatic heterocycles. The Hall–Kier alpha value is -2.60. The van der Waals surface area contributed by atoms with E-state index in [1.807, 2.05) is 0 Å². The second-order valence-electron chi connectivity index (χ2n) is 3.99. The summed E-state index contributed by atoms with van der Waals surface area (Å²) in [5.74, 6) is -0.325. The third-order valence-electron chi connectivity index (χ3n) is 2.45. The Labute approximate surface area is 115 Å². The van der Waals surface area contributed by atoms with Crippen molar-refractivity contribution in [1.29, 1.82) is 0 Å². The van der Waals surface area contributed by atoms with Gasteiger partial charge in [-0.3, -0.25) is 9.59 Å². The summed E-state index contributed by atoms with van der Waals surface area (Å²) >= 11 is 0. The minimum atomic E-state index is -0.328. The summed E-state index contributed by atoms with van der Waals surface area (Å²) in [5, 5.41) is 5.34. The van der Waals surface area contributed by atoms with Crippen LogP contribution in [-0.4, -0.2) is 25.5 Å². The zero-order valence-corrected chi connectivity index (χ0v) is 10.9. The van der Waals surface area contributed by atoms with Crippen molar-refractivity contribution in [1.82, 2.24) is 0 Å². The van der Waals surface area contributed by atoms with E-state index in [9.17, 15) is 9.59 Å². The molecule has 20 heavy (non-hydrogen) atoms. The van der Waals surface area contributed by atoms with Crippen molar-refractivity contribution in [2.45, 2.75) is 0 Å². The first-order chi connectivity index (χ1) is 9.69. The lowest BCUT2D eigenvalue weighted by atomic mass is 10.2. The number of furan rings is 1. The standard InChI is InChI=1S/C14H14N2O4/c1-19-9-13(17)15-10-4-6-11(7-5-10)16-14(18)12-3-2-8-20-12/h2-8H,9H2,1H3,(H,15,17)(H,16,18). The molecule has 2 rings (SSSR count). The van der Waals surface area contributed by atoms with Crippen LogP contribution in [0, 0.1) is 0 Å². The van der Waals surface area contributed by atoms with Crippen LogP contribution in [0.3, 0.4) is 0 Å². The molecule has 0 saturated heterocycles. The third-order valence-corrected chi connectivity index (χ3v) is 2.45. The molecule has 6 heteroatoms. The summed E-state index contributed by atoms with van der Waals surface area (Å²) in [7, 11) is 1.45. The van der Waals surface area contributed by atoms with Crippen molar-refractivity contribution < 1.29 is 18.7 Å². The summed E-state index contributed by atoms with van der Waals surface area (Å²) in [6.45, 7) is -0.00300. The number of anilines is 2. The van der Waals surface area contributed by atoms with E-state index in [2.05, 4.69) is 10.6 Å². The second kappa shape index (κ2) is 6.53. The minimum absolute atomic E-state index is 0.00300. The van der Waals surface area contributed by atoms with Crippen molar-refractivity contribution in [3.63, 3.8) is 0 Å². The highest BCUT2D eigenvalue weighted by Gasteiger charge is 2.08. The van der Waals surface area contributed by atoms with Gasteiger partial charge in [-0.1, -0.05) is 0 Å². The molecule has 2 amide bonds. The Balaban J connectivity index is 1.95. The summed E-state index contributed by atoms with van der Waals surface area (Å²) in [4.78, 5) is 23.0. The average Bonchev–Trinajstić information content (AvgIpc) is 2.95. The number of carbonyl (C=O) groups excluding carboxylic acids is 2. The largest absolute Gasteiger partial charge is 0.459 e. The van der Waals surface area contributed by atoms with Crippen LogP contribution in [0.1, 0.15) is 10.6 Å². The van der Waals surface area contributed by atoms with Gasteiger partial charge >= 0.3 is 0 Å². The number of hydrogen-bond donors (Lipinski definition) is 2. The van der Waals surface area contributed by atoms with Crippen LogP contribution in [0.4, 0.5) is 11.4 Å². The first-order valence-corrected chi connectivity index (χ1v) is 5.93. The SMILES string of the molecule is COCC(=O)Nc1ccc(NC(=O)c2ccco2)cc1. The van der Waals surface area contributed by atoms with Crippen LogP contribution in [0.5, 0.6) is 0 Å². The number of benzene rings is 1. The lowest BCUT2D eigenvalue weighted by molar-refractivity contribution is -0.119. The molecular weight excluding hydrogens is 260 g/mol. The summed E-state index contributed by atoms with van der Waals surface area (Å²) in [6.07, 6.45) is 1.43. The topological polar surface area (TPSA) is 80.6 Å². The van der Waals surface area contributed by atoms with Gasteiger partial charge in [-0.2, -0.15) is 0 Å². The zero-order chi connectivity index (χ0) is 14.4. The molecule has 0 saturated carbocycles. The van der Waals surface area contributed by atoms with Crippen LogP contribution in [0.2, 0.25) is 0 Å². The van der Waals surface area contributed by atoms with E-state index < -0.39 is 0 Å². The fraction of sp³-hybridized carbons (Fsp3) is 0.143. The Morgan fingerprint density at radius 2 is 1.75 bits per heavy atom. The van der Waals surface area contributed by atoms with Gasteiger partial charge in [0.25, 0.3) is 5.91 Å². The lowest BCUT2D eigenvalue weighted by Gasteiger charge is -2.06. The number of carbonyl (C=O) groups is 2. The van der Waals surface area contributed by atoms with Crippen molar-refractivity contribution in [2.24, 2.45) is 0 Å². The van der Waals surface area contributed by atoms with Crippen molar-refractivity contribution in [2.75, 3.05) is 24.4 Å². The van der Waals surface area contributed by atoms with Gasteiger partial charge in [-0.05, 0) is 36.4 Å². The molecule has 0 radical (unpaired) electrons. The number of methoxy groups -OCH3 is 1. The summed E-state index contributed by atoms with van der Waals surface area (Å²) in [6, 6.07) is 9.96. The highest BCUT2D eigenvalue weighted by Crippen LogP contribution is 2.14. The fourth-order valence-corrected chi connectivity index (χ4v) is 1.57. The summed E-state index contributed by atoms with van der Waals surface area (Å²) < 4.78 is 9.70. The Morgan fingerprint density at radius 3 is 2.30 bits per heavy atom. The molecule has 0 aliphatic rings. The van der Waals surface area contributed by atoms with Gasteiger partial charge in [0.15, 0.2) is 5.76 Å². The average molecular weight is 274 g/mol. The van der Waals surface area contributed by atoms with E-state index in [-0.39, 0.29) is 24.2 Å². The van der Waals surface area contributed by atoms with Crippen molar-refractivity contribution in [3.05, 3.63) is 48.4 Å². The maximum absolute atomic E-state index is 11.7. The van der Waals surface area contributed by atoms with Gasteiger partial charge in [-0.25, -0.2) is 0 Å². The first kappa shape index (κ1) is 13.8. The first-order valence-electron chi connectivity index (χ1n) is 5.93. The summed E-state index contributed by atoms with van der Waals surface area (Å²) in [5.41, 5.74) is 1.24. The number of nitrogens with one attached hydrogen (secondary N) is 2. The molecule has 2 N–H and O–H groups in total. The van der Waals surface area contributed by atoms with Crippen LogP contribution < -0.4 is 10.6 Å². The number of rotatable bonds is 5. The highest BCUT2D eigenvalue weighted by atomic mass is 16.5. The van der Waals surface area contributed by atoms with Crippen LogP contribution in [-0.2, 0) is 9.53 Å². The number of ether oxygens (including phenoxy) is 1. The molecule has 1 heterocycles. The predicted octanol–water partition coefficient (Wildman–Crippen LogP) is 2.12. The fourth-order valence-electron chi connectivity index (χ4n) is 1.57. The maximum atomic E-state index is 11.7. The number of amides is 2. The van der Waals surface area contributed by atoms with Gasteiger partial charge in [0.2, 0.25) is 5.91 Å². The quantitative estimate of drug-likeness (QED) is 0.875. The predicted molar refractivity (Wildman–Crippen MR) is 73.6 cm³/mol. The molecule has 0 atom stereocenters. The third kappa shape index (κ3) is 3.69. The molecule has 6 nitrogen and oxygen atoms in total. The molecule has 0 fully saturated rings. The van der Waals surface area contributed by atoms with E-state index >= 15 is 0 Å². The monoisotopic (exact) mass is 274 g/mol.